The summed E-state index contributed by atoms with van der Waals surface area (Å²) in [7, 11) is -4.01. The molecule has 0 saturated carbocycles. The number of nitrogens with zero attached hydrogens (tertiary/aromatic N) is 3. The van der Waals surface area contributed by atoms with Gasteiger partial charge in [0.25, 0.3) is 0 Å². The number of carbonyl (C=O) groups excluding carboxylic acids is 1. The maximum Gasteiger partial charge on any atom is 0.412 e. The number of sulfonamides is 1. The van der Waals surface area contributed by atoms with Crippen LogP contribution in [0.15, 0.2) is 47.4 Å². The molecule has 0 aromatic heterocycles. The number of amides is 1. The monoisotopic (exact) mass is 671 g/mol. The summed E-state index contributed by atoms with van der Waals surface area (Å²) in [4.78, 5) is 15.7. The maximum atomic E-state index is 14.2. The van der Waals surface area contributed by atoms with Gasteiger partial charge in [0.05, 0.1) is 36.2 Å². The lowest BCUT2D eigenvalue weighted by Crippen LogP contribution is -2.51. The van der Waals surface area contributed by atoms with Gasteiger partial charge < -0.3 is 33.2 Å². The Kier molecular flexibility index (Phi) is 9.55. The minimum absolute atomic E-state index is 0.00221. The largest absolute Gasteiger partial charge is 0.479 e. The number of ether oxygens (including phenoxy) is 7. The van der Waals surface area contributed by atoms with E-state index in [1.165, 1.54) is 16.4 Å². The van der Waals surface area contributed by atoms with Gasteiger partial charge in [-0.1, -0.05) is 26.0 Å². The van der Waals surface area contributed by atoms with Gasteiger partial charge in [-0.05, 0) is 62.4 Å². The van der Waals surface area contributed by atoms with Gasteiger partial charge in [0.15, 0.2) is 24.4 Å². The van der Waals surface area contributed by atoms with Crippen molar-refractivity contribution in [2.24, 2.45) is 11.8 Å². The second-order valence-corrected chi connectivity index (χ2v) is 15.0. The molecule has 4 heterocycles. The first kappa shape index (κ1) is 33.3. The van der Waals surface area contributed by atoms with Crippen molar-refractivity contribution in [1.29, 1.82) is 5.26 Å². The Hall–Kier alpha value is -3.61. The van der Waals surface area contributed by atoms with Crippen LogP contribution in [0.5, 0.6) is 17.2 Å². The van der Waals surface area contributed by atoms with Gasteiger partial charge >= 0.3 is 6.09 Å². The average molecular weight is 672 g/mol. The lowest BCUT2D eigenvalue weighted by atomic mass is 9.99. The summed E-state index contributed by atoms with van der Waals surface area (Å²) in [5.74, 6) is 1.35. The highest BCUT2D eigenvalue weighted by Gasteiger charge is 2.53. The van der Waals surface area contributed by atoms with Crippen molar-refractivity contribution in [2.75, 3.05) is 39.7 Å². The zero-order chi connectivity index (χ0) is 33.3. The number of carbonyl (C=O) groups is 1. The number of hydrogen-bond acceptors (Lipinski definition) is 11. The van der Waals surface area contributed by atoms with Crippen LogP contribution < -0.4 is 14.2 Å². The van der Waals surface area contributed by atoms with Crippen LogP contribution in [0.2, 0.25) is 0 Å². The van der Waals surface area contributed by atoms with Crippen LogP contribution in [0.25, 0.3) is 0 Å². The number of benzene rings is 2. The summed E-state index contributed by atoms with van der Waals surface area (Å²) in [5, 5.41) is 8.87. The third kappa shape index (κ3) is 7.00. The zero-order valence-corrected chi connectivity index (χ0v) is 27.8. The fraction of sp³-hybridized carbons (Fsp3) is 0.576. The summed E-state index contributed by atoms with van der Waals surface area (Å²) >= 11 is 0. The molecule has 4 aliphatic heterocycles. The van der Waals surface area contributed by atoms with E-state index >= 15 is 0 Å². The molecule has 0 radical (unpaired) electrons. The number of fused-ring (bicyclic) bond motifs is 2. The number of hydrogen-bond donors (Lipinski definition) is 0. The van der Waals surface area contributed by atoms with Gasteiger partial charge in [0, 0.05) is 19.2 Å². The standard InChI is InChI=1S/C33H41N3O10S/c1-21(2)17-35(47(38,39)24-9-10-27-28(16-24)44-20-43-27)18-29-26(15-22-5-7-23(8-6-22)40-14-12-34)36(33(3,4)46-29)32(37)45-30-19-42-31-25(30)11-13-41-31/h5-10,16,21,25-26,29-31H,11,13-15,17-20H2,1-4H3/t25-,26-,29+,30-,31+/m0/s1. The summed E-state index contributed by atoms with van der Waals surface area (Å²) in [6, 6.07) is 13.2. The molecule has 6 rings (SSSR count). The predicted molar refractivity (Wildman–Crippen MR) is 166 cm³/mol. The van der Waals surface area contributed by atoms with Crippen LogP contribution in [-0.2, 0) is 35.4 Å². The van der Waals surface area contributed by atoms with E-state index in [0.717, 1.165) is 12.0 Å². The first-order chi connectivity index (χ1) is 22.5. The molecule has 254 valence electrons. The molecule has 5 atom stereocenters. The summed E-state index contributed by atoms with van der Waals surface area (Å²) in [6.07, 6.45) is -1.05. The summed E-state index contributed by atoms with van der Waals surface area (Å²) < 4.78 is 70.0. The second kappa shape index (κ2) is 13.5. The molecule has 0 unspecified atom stereocenters. The first-order valence-electron chi connectivity index (χ1n) is 15.9. The Labute approximate surface area is 275 Å². The fourth-order valence-electron chi connectivity index (χ4n) is 6.69. The van der Waals surface area contributed by atoms with Crippen molar-refractivity contribution in [3.63, 3.8) is 0 Å². The van der Waals surface area contributed by atoms with E-state index in [-0.39, 0.29) is 56.1 Å². The van der Waals surface area contributed by atoms with Crippen molar-refractivity contribution in [3.05, 3.63) is 48.0 Å². The van der Waals surface area contributed by atoms with Crippen LogP contribution in [0.4, 0.5) is 4.79 Å². The van der Waals surface area contributed by atoms with E-state index in [2.05, 4.69) is 0 Å². The molecular weight excluding hydrogens is 630 g/mol. The summed E-state index contributed by atoms with van der Waals surface area (Å²) in [6.45, 7) is 8.41. The second-order valence-electron chi connectivity index (χ2n) is 13.0. The molecule has 0 spiro atoms. The number of rotatable bonds is 11. The van der Waals surface area contributed by atoms with Gasteiger partial charge in [-0.3, -0.25) is 4.90 Å². The molecule has 47 heavy (non-hydrogen) atoms. The van der Waals surface area contributed by atoms with Gasteiger partial charge in [-0.25, -0.2) is 13.2 Å². The van der Waals surface area contributed by atoms with Crippen LogP contribution >= 0.6 is 0 Å². The molecule has 14 heteroatoms. The third-order valence-corrected chi connectivity index (χ3v) is 10.6. The molecule has 0 bridgehead atoms. The van der Waals surface area contributed by atoms with Crippen molar-refractivity contribution < 1.29 is 46.4 Å². The van der Waals surface area contributed by atoms with E-state index in [1.807, 2.05) is 32.0 Å². The van der Waals surface area contributed by atoms with Gasteiger partial charge in [0.2, 0.25) is 16.8 Å². The van der Waals surface area contributed by atoms with Gasteiger partial charge in [-0.15, -0.1) is 0 Å². The zero-order valence-electron chi connectivity index (χ0n) is 27.0. The van der Waals surface area contributed by atoms with Crippen molar-refractivity contribution in [2.45, 2.75) is 75.7 Å². The summed E-state index contributed by atoms with van der Waals surface area (Å²) in [5.41, 5.74) is -0.259. The van der Waals surface area contributed by atoms with Crippen LogP contribution in [0, 0.1) is 23.2 Å². The lowest BCUT2D eigenvalue weighted by molar-refractivity contribution is -0.0911. The maximum absolute atomic E-state index is 14.2. The van der Waals surface area contributed by atoms with E-state index in [1.54, 1.807) is 36.9 Å². The highest BCUT2D eigenvalue weighted by molar-refractivity contribution is 7.89. The normalized spacial score (nSPS) is 26.1. The Bertz CT molecular complexity index is 1590. The molecule has 0 N–H and O–H groups in total. The highest BCUT2D eigenvalue weighted by atomic mass is 32.2. The molecule has 13 nitrogen and oxygen atoms in total. The van der Waals surface area contributed by atoms with Crippen molar-refractivity contribution in [1.82, 2.24) is 9.21 Å². The number of nitriles is 1. The van der Waals surface area contributed by atoms with Gasteiger partial charge in [-0.2, -0.15) is 9.57 Å². The molecule has 0 aliphatic carbocycles. The molecule has 1 amide bonds. The quantitative estimate of drug-likeness (QED) is 0.343. The van der Waals surface area contributed by atoms with Crippen LogP contribution in [0.1, 0.15) is 39.7 Å². The first-order valence-corrected chi connectivity index (χ1v) is 17.3. The minimum atomic E-state index is -4.01. The Morgan fingerprint density at radius 3 is 2.64 bits per heavy atom. The molecule has 4 aliphatic rings. The molecular formula is C33H41N3O10S. The van der Waals surface area contributed by atoms with Gasteiger partial charge in [0.1, 0.15) is 23.6 Å². The molecule has 3 saturated heterocycles. The van der Waals surface area contributed by atoms with E-state index in [0.29, 0.717) is 30.3 Å². The van der Waals surface area contributed by atoms with E-state index in [9.17, 15) is 13.2 Å². The fourth-order valence-corrected chi connectivity index (χ4v) is 8.32. The van der Waals surface area contributed by atoms with Crippen molar-refractivity contribution in [3.8, 4) is 23.3 Å². The van der Waals surface area contributed by atoms with Crippen LogP contribution in [0.3, 0.4) is 0 Å². The topological polar surface area (TPSA) is 146 Å². The Morgan fingerprint density at radius 2 is 1.89 bits per heavy atom. The van der Waals surface area contributed by atoms with Crippen LogP contribution in [-0.4, -0.2) is 93.7 Å². The highest BCUT2D eigenvalue weighted by Crippen LogP contribution is 2.39. The minimum Gasteiger partial charge on any atom is -0.479 e. The molecule has 2 aromatic carbocycles. The van der Waals surface area contributed by atoms with Crippen molar-refractivity contribution >= 4 is 16.1 Å². The predicted octanol–water partition coefficient (Wildman–Crippen LogP) is 3.91. The van der Waals surface area contributed by atoms with E-state index in [4.69, 9.17) is 38.4 Å². The third-order valence-electron chi connectivity index (χ3n) is 8.82. The average Bonchev–Trinajstić information content (AvgIpc) is 3.81. The Morgan fingerprint density at radius 1 is 1.13 bits per heavy atom. The molecule has 3 fully saturated rings. The molecule has 2 aromatic rings. The SMILES string of the molecule is CC(C)CN(C[C@H]1OC(C)(C)N(C(=O)O[C@H]2CO[C@H]3OCC[C@H]32)[C@H]1Cc1ccc(OCC#N)cc1)S(=O)(=O)c1ccc2c(c1)OCO2. The lowest BCUT2D eigenvalue weighted by Gasteiger charge is -2.34. The van der Waals surface area contributed by atoms with E-state index < -0.39 is 40.1 Å². The Balaban J connectivity index is 1.30. The smallest absolute Gasteiger partial charge is 0.412 e.